The number of benzene rings is 2. The third-order valence-electron chi connectivity index (χ3n) is 5.76. The van der Waals surface area contributed by atoms with Crippen LogP contribution in [0.1, 0.15) is 38.3 Å². The van der Waals surface area contributed by atoms with Crippen molar-refractivity contribution in [1.29, 1.82) is 0 Å². The van der Waals surface area contributed by atoms with Crippen LogP contribution in [-0.4, -0.2) is 46.8 Å². The topological polar surface area (TPSA) is 93.9 Å². The van der Waals surface area contributed by atoms with E-state index in [4.69, 9.17) is 14.5 Å². The van der Waals surface area contributed by atoms with Crippen molar-refractivity contribution < 1.29 is 24.2 Å². The largest absolute Gasteiger partial charge is 0.504 e. The number of unbranched alkanes of at least 4 members (excludes halogenated alkanes) is 1. The number of aromatic hydroxyl groups is 1. The lowest BCUT2D eigenvalue weighted by molar-refractivity contribution is -0.153. The lowest BCUT2D eigenvalue weighted by atomic mass is 9.89. The van der Waals surface area contributed by atoms with Crippen LogP contribution in [0.25, 0.3) is 11.0 Å². The number of imidazole rings is 1. The molecule has 1 aliphatic rings. The number of carbonyl (C=O) groups is 2. The molecule has 0 radical (unpaired) electrons. The molecule has 0 unspecified atom stereocenters. The molecule has 8 heteroatoms. The SMILES string of the molecule is CCCCN1C(=O)[C@H](C(=O)OCC)[C@H](c2ccc(OC)c(O)c2)n2c1nc1ccccc12. The minimum absolute atomic E-state index is 0.0700. The van der Waals surface area contributed by atoms with Gasteiger partial charge in [0, 0.05) is 6.54 Å². The van der Waals surface area contributed by atoms with Crippen LogP contribution in [0.3, 0.4) is 0 Å². The van der Waals surface area contributed by atoms with Gasteiger partial charge in [0.2, 0.25) is 11.9 Å². The van der Waals surface area contributed by atoms with Gasteiger partial charge in [0.1, 0.15) is 0 Å². The Kier molecular flexibility index (Phi) is 6.03. The van der Waals surface area contributed by atoms with Crippen LogP contribution < -0.4 is 9.64 Å². The van der Waals surface area contributed by atoms with Gasteiger partial charge in [-0.2, -0.15) is 0 Å². The summed E-state index contributed by atoms with van der Waals surface area (Å²) in [5.41, 5.74) is 2.12. The Morgan fingerprint density at radius 1 is 1.19 bits per heavy atom. The van der Waals surface area contributed by atoms with Gasteiger partial charge >= 0.3 is 5.97 Å². The smallest absolute Gasteiger partial charge is 0.321 e. The number of rotatable bonds is 7. The molecule has 0 fully saturated rings. The van der Waals surface area contributed by atoms with Gasteiger partial charge in [0.25, 0.3) is 0 Å². The van der Waals surface area contributed by atoms with Gasteiger partial charge in [-0.1, -0.05) is 31.5 Å². The van der Waals surface area contributed by atoms with E-state index in [1.54, 1.807) is 24.0 Å². The number of phenols is 1. The molecule has 0 saturated carbocycles. The van der Waals surface area contributed by atoms with Crippen molar-refractivity contribution in [2.24, 2.45) is 5.92 Å². The first-order valence-corrected chi connectivity index (χ1v) is 10.8. The highest BCUT2D eigenvalue weighted by atomic mass is 16.5. The lowest BCUT2D eigenvalue weighted by Gasteiger charge is -2.38. The normalized spacial score (nSPS) is 18.0. The van der Waals surface area contributed by atoms with Gasteiger partial charge in [-0.15, -0.1) is 0 Å². The summed E-state index contributed by atoms with van der Waals surface area (Å²) >= 11 is 0. The van der Waals surface area contributed by atoms with Gasteiger partial charge in [-0.05, 0) is 43.2 Å². The molecule has 32 heavy (non-hydrogen) atoms. The van der Waals surface area contributed by atoms with Crippen molar-refractivity contribution in [1.82, 2.24) is 9.55 Å². The van der Waals surface area contributed by atoms with E-state index in [9.17, 15) is 14.7 Å². The first-order chi connectivity index (χ1) is 15.5. The van der Waals surface area contributed by atoms with Gasteiger partial charge < -0.3 is 19.1 Å². The molecule has 168 valence electrons. The Balaban J connectivity index is 1.98. The molecule has 0 bridgehead atoms. The van der Waals surface area contributed by atoms with Crippen LogP contribution in [0.5, 0.6) is 11.5 Å². The number of anilines is 1. The number of aromatic nitrogens is 2. The fourth-order valence-corrected chi connectivity index (χ4v) is 4.27. The number of ether oxygens (including phenoxy) is 2. The average Bonchev–Trinajstić information content (AvgIpc) is 3.17. The van der Waals surface area contributed by atoms with Crippen LogP contribution in [0.2, 0.25) is 0 Å². The zero-order valence-electron chi connectivity index (χ0n) is 18.4. The summed E-state index contributed by atoms with van der Waals surface area (Å²) in [5, 5.41) is 10.4. The number of para-hydroxylation sites is 2. The van der Waals surface area contributed by atoms with Crippen molar-refractivity contribution in [2.45, 2.75) is 32.7 Å². The van der Waals surface area contributed by atoms with E-state index in [1.165, 1.54) is 13.2 Å². The average molecular weight is 437 g/mol. The highest BCUT2D eigenvalue weighted by Gasteiger charge is 2.47. The molecule has 1 aliphatic heterocycles. The Morgan fingerprint density at radius 2 is 1.97 bits per heavy atom. The Morgan fingerprint density at radius 3 is 2.66 bits per heavy atom. The summed E-state index contributed by atoms with van der Waals surface area (Å²) in [6.07, 6.45) is 1.67. The molecule has 1 aromatic heterocycles. The highest BCUT2D eigenvalue weighted by Crippen LogP contribution is 2.43. The van der Waals surface area contributed by atoms with E-state index in [2.05, 4.69) is 0 Å². The van der Waals surface area contributed by atoms with Crippen molar-refractivity contribution in [3.8, 4) is 11.5 Å². The minimum Gasteiger partial charge on any atom is -0.504 e. The number of amides is 1. The number of methoxy groups -OCH3 is 1. The van der Waals surface area contributed by atoms with Gasteiger partial charge in [0.05, 0.1) is 30.8 Å². The monoisotopic (exact) mass is 437 g/mol. The number of hydrogen-bond donors (Lipinski definition) is 1. The molecule has 8 nitrogen and oxygen atoms in total. The molecule has 2 heterocycles. The number of carbonyl (C=O) groups excluding carboxylic acids is 2. The maximum absolute atomic E-state index is 13.7. The number of nitrogens with zero attached hydrogens (tertiary/aromatic N) is 3. The first kappa shape index (κ1) is 21.7. The zero-order chi connectivity index (χ0) is 22.8. The second-order valence-electron chi connectivity index (χ2n) is 7.72. The maximum atomic E-state index is 13.7. The molecule has 0 spiro atoms. The molecule has 1 amide bonds. The molecule has 4 rings (SSSR count). The molecule has 0 saturated heterocycles. The van der Waals surface area contributed by atoms with Crippen LogP contribution in [0.4, 0.5) is 5.95 Å². The van der Waals surface area contributed by atoms with E-state index in [-0.39, 0.29) is 18.3 Å². The summed E-state index contributed by atoms with van der Waals surface area (Å²) < 4.78 is 12.4. The molecule has 2 aromatic carbocycles. The first-order valence-electron chi connectivity index (χ1n) is 10.8. The Labute approximate surface area is 186 Å². The lowest BCUT2D eigenvalue weighted by Crippen LogP contribution is -2.50. The van der Waals surface area contributed by atoms with E-state index in [0.29, 0.717) is 23.8 Å². The third-order valence-corrected chi connectivity index (χ3v) is 5.76. The number of esters is 1. The van der Waals surface area contributed by atoms with Gasteiger partial charge in [-0.3, -0.25) is 14.5 Å². The molecule has 3 aromatic rings. The standard InChI is InChI=1S/C24H27N3O5/c1-4-6-13-26-22(29)20(23(30)32-5-2)21(15-11-12-19(31-3)18(28)14-15)27-17-10-8-7-9-16(17)25-24(26)27/h7-12,14,20-21,28H,4-6,13H2,1-3H3/t20-,21+/m1/s1. The predicted octanol–water partition coefficient (Wildman–Crippen LogP) is 3.67. The van der Waals surface area contributed by atoms with E-state index < -0.39 is 17.9 Å². The second kappa shape index (κ2) is 8.90. The molecule has 1 N–H and O–H groups in total. The summed E-state index contributed by atoms with van der Waals surface area (Å²) in [4.78, 5) is 33.1. The summed E-state index contributed by atoms with van der Waals surface area (Å²) in [6, 6.07) is 11.8. The third kappa shape index (κ3) is 3.55. The maximum Gasteiger partial charge on any atom is 0.321 e. The minimum atomic E-state index is -1.11. The molecule has 2 atom stereocenters. The van der Waals surface area contributed by atoms with Crippen molar-refractivity contribution >= 4 is 28.9 Å². The molecular formula is C24H27N3O5. The van der Waals surface area contributed by atoms with Crippen LogP contribution in [-0.2, 0) is 14.3 Å². The van der Waals surface area contributed by atoms with Crippen LogP contribution >= 0.6 is 0 Å². The Hall–Kier alpha value is -3.55. The molecule has 0 aliphatic carbocycles. The quantitative estimate of drug-likeness (QED) is 0.448. The summed E-state index contributed by atoms with van der Waals surface area (Å²) in [7, 11) is 1.47. The summed E-state index contributed by atoms with van der Waals surface area (Å²) in [6.45, 7) is 4.38. The van der Waals surface area contributed by atoms with Crippen molar-refractivity contribution in [3.63, 3.8) is 0 Å². The number of hydrogen-bond acceptors (Lipinski definition) is 6. The zero-order valence-corrected chi connectivity index (χ0v) is 18.4. The van der Waals surface area contributed by atoms with Crippen molar-refractivity contribution in [3.05, 3.63) is 48.0 Å². The van der Waals surface area contributed by atoms with Crippen LogP contribution in [0.15, 0.2) is 42.5 Å². The number of fused-ring (bicyclic) bond motifs is 3. The predicted molar refractivity (Wildman–Crippen MR) is 120 cm³/mol. The fourth-order valence-electron chi connectivity index (χ4n) is 4.27. The van der Waals surface area contributed by atoms with E-state index >= 15 is 0 Å². The highest BCUT2D eigenvalue weighted by molar-refractivity contribution is 6.08. The van der Waals surface area contributed by atoms with Gasteiger partial charge in [0.15, 0.2) is 17.4 Å². The second-order valence-corrected chi connectivity index (χ2v) is 7.72. The van der Waals surface area contributed by atoms with Crippen molar-refractivity contribution in [2.75, 3.05) is 25.2 Å². The van der Waals surface area contributed by atoms with Crippen LogP contribution in [0, 0.1) is 5.92 Å². The number of phenolic OH excluding ortho intramolecular Hbond substituents is 1. The molecular weight excluding hydrogens is 410 g/mol. The Bertz CT molecular complexity index is 1160. The van der Waals surface area contributed by atoms with Gasteiger partial charge in [-0.25, -0.2) is 4.98 Å². The fraction of sp³-hybridized carbons (Fsp3) is 0.375. The van der Waals surface area contributed by atoms with E-state index in [1.807, 2.05) is 35.8 Å². The summed E-state index contributed by atoms with van der Waals surface area (Å²) in [5.74, 6) is -1.32. The van der Waals surface area contributed by atoms with E-state index in [0.717, 1.165) is 23.9 Å².